The van der Waals surface area contributed by atoms with E-state index in [9.17, 15) is 4.79 Å². The lowest BCUT2D eigenvalue weighted by Crippen LogP contribution is -2.35. The fraction of sp³-hybridized carbons (Fsp3) is 0.800. The first-order valence-corrected chi connectivity index (χ1v) is 2.75. The Labute approximate surface area is 53.5 Å². The van der Waals surface area contributed by atoms with Crippen LogP contribution in [0, 0.1) is 0 Å². The zero-order valence-electron chi connectivity index (χ0n) is 5.29. The maximum atomic E-state index is 10.1. The minimum Gasteiger partial charge on any atom is -0.480 e. The van der Waals surface area contributed by atoms with Gasteiger partial charge >= 0.3 is 5.97 Å². The first-order chi connectivity index (χ1) is 4.18. The summed E-state index contributed by atoms with van der Waals surface area (Å²) in [5, 5.41) is 19.1. The zero-order chi connectivity index (χ0) is 7.28. The standard InChI is InChI=1S/C5H11NO3/c1-4(5(8)9)6-2-3-7/h4,6-7H,2-3H2,1H3,(H,8,9)/t4-/m1/s1. The summed E-state index contributed by atoms with van der Waals surface area (Å²) in [6, 6.07) is -0.572. The van der Waals surface area contributed by atoms with E-state index in [1.165, 1.54) is 6.92 Å². The van der Waals surface area contributed by atoms with Crippen molar-refractivity contribution in [1.29, 1.82) is 0 Å². The third-order valence-electron chi connectivity index (χ3n) is 0.933. The molecule has 0 saturated carbocycles. The minimum atomic E-state index is -0.900. The van der Waals surface area contributed by atoms with Crippen molar-refractivity contribution >= 4 is 5.97 Å². The van der Waals surface area contributed by atoms with Gasteiger partial charge in [-0.15, -0.1) is 0 Å². The summed E-state index contributed by atoms with van der Waals surface area (Å²) in [4.78, 5) is 10.1. The Kier molecular flexibility index (Phi) is 4.00. The summed E-state index contributed by atoms with van der Waals surface area (Å²) in [6.45, 7) is 1.82. The van der Waals surface area contributed by atoms with Gasteiger partial charge in [-0.1, -0.05) is 0 Å². The topological polar surface area (TPSA) is 69.6 Å². The Bertz CT molecular complexity index is 94.2. The fourth-order valence-corrected chi connectivity index (χ4v) is 0.368. The van der Waals surface area contributed by atoms with Gasteiger partial charge < -0.3 is 15.5 Å². The van der Waals surface area contributed by atoms with Crippen LogP contribution in [0.25, 0.3) is 0 Å². The van der Waals surface area contributed by atoms with Crippen LogP contribution in [0.15, 0.2) is 0 Å². The lowest BCUT2D eigenvalue weighted by atomic mass is 10.3. The van der Waals surface area contributed by atoms with E-state index in [0.29, 0.717) is 6.54 Å². The van der Waals surface area contributed by atoms with Crippen LogP contribution in [0.3, 0.4) is 0 Å². The number of rotatable bonds is 4. The van der Waals surface area contributed by atoms with Gasteiger partial charge in [0.05, 0.1) is 6.61 Å². The summed E-state index contributed by atoms with van der Waals surface area (Å²) < 4.78 is 0. The molecule has 0 unspecified atom stereocenters. The molecule has 0 heterocycles. The van der Waals surface area contributed by atoms with Crippen LogP contribution in [0.4, 0.5) is 0 Å². The highest BCUT2D eigenvalue weighted by atomic mass is 16.4. The minimum absolute atomic E-state index is 0.0301. The number of hydrogen-bond acceptors (Lipinski definition) is 3. The van der Waals surface area contributed by atoms with E-state index < -0.39 is 12.0 Å². The fourth-order valence-electron chi connectivity index (χ4n) is 0.368. The van der Waals surface area contributed by atoms with Gasteiger partial charge in [-0.25, -0.2) is 0 Å². The molecule has 9 heavy (non-hydrogen) atoms. The summed E-state index contributed by atoms with van der Waals surface area (Å²) in [7, 11) is 0. The summed E-state index contributed by atoms with van der Waals surface area (Å²) in [5.41, 5.74) is 0. The zero-order valence-corrected chi connectivity index (χ0v) is 5.29. The Hall–Kier alpha value is -0.610. The van der Waals surface area contributed by atoms with Gasteiger partial charge in [0.2, 0.25) is 0 Å². The van der Waals surface area contributed by atoms with Crippen LogP contribution in [-0.2, 0) is 4.79 Å². The molecule has 0 aromatic rings. The number of carboxylic acid groups (broad SMARTS) is 1. The molecule has 0 radical (unpaired) electrons. The second kappa shape index (κ2) is 4.29. The molecule has 0 fully saturated rings. The Morgan fingerprint density at radius 3 is 2.67 bits per heavy atom. The highest BCUT2D eigenvalue weighted by Gasteiger charge is 2.07. The second-order valence-electron chi connectivity index (χ2n) is 1.74. The van der Waals surface area contributed by atoms with Crippen molar-refractivity contribution in [3.63, 3.8) is 0 Å². The molecule has 0 bridgehead atoms. The molecule has 0 aliphatic heterocycles. The van der Waals surface area contributed by atoms with Crippen molar-refractivity contribution in [2.24, 2.45) is 0 Å². The van der Waals surface area contributed by atoms with E-state index in [4.69, 9.17) is 10.2 Å². The molecule has 4 nitrogen and oxygen atoms in total. The van der Waals surface area contributed by atoms with Crippen LogP contribution in [0.1, 0.15) is 6.92 Å². The van der Waals surface area contributed by atoms with Gasteiger partial charge in [-0.3, -0.25) is 4.79 Å². The average molecular weight is 133 g/mol. The molecule has 0 aromatic heterocycles. The quantitative estimate of drug-likeness (QED) is 0.462. The number of carbonyl (C=O) groups is 1. The molecule has 54 valence electrons. The number of aliphatic carboxylic acids is 1. The highest BCUT2D eigenvalue weighted by Crippen LogP contribution is 1.77. The van der Waals surface area contributed by atoms with Gasteiger partial charge in [-0.05, 0) is 6.92 Å². The van der Waals surface area contributed by atoms with Gasteiger partial charge in [0.1, 0.15) is 6.04 Å². The van der Waals surface area contributed by atoms with Crippen molar-refractivity contribution in [1.82, 2.24) is 5.32 Å². The predicted octanol–water partition coefficient (Wildman–Crippen LogP) is -0.959. The molecule has 4 heteroatoms. The maximum Gasteiger partial charge on any atom is 0.320 e. The Morgan fingerprint density at radius 2 is 2.33 bits per heavy atom. The van der Waals surface area contributed by atoms with Gasteiger partial charge in [0, 0.05) is 6.54 Å². The van der Waals surface area contributed by atoms with Crippen molar-refractivity contribution in [2.75, 3.05) is 13.2 Å². The highest BCUT2D eigenvalue weighted by molar-refractivity contribution is 5.72. The van der Waals surface area contributed by atoms with Crippen molar-refractivity contribution in [3.8, 4) is 0 Å². The normalized spacial score (nSPS) is 13.1. The summed E-state index contributed by atoms with van der Waals surface area (Å²) in [6.07, 6.45) is 0. The SMILES string of the molecule is C[C@@H](NCCO)C(=O)O. The van der Waals surface area contributed by atoms with Crippen LogP contribution in [0.2, 0.25) is 0 Å². The molecule has 0 amide bonds. The monoisotopic (exact) mass is 133 g/mol. The molecule has 0 aliphatic rings. The molecule has 0 aromatic carbocycles. The van der Waals surface area contributed by atoms with E-state index in [1.54, 1.807) is 0 Å². The van der Waals surface area contributed by atoms with Crippen LogP contribution >= 0.6 is 0 Å². The first kappa shape index (κ1) is 8.39. The van der Waals surface area contributed by atoms with E-state index >= 15 is 0 Å². The average Bonchev–Trinajstić information content (AvgIpc) is 1.82. The third-order valence-corrected chi connectivity index (χ3v) is 0.933. The van der Waals surface area contributed by atoms with Crippen LogP contribution < -0.4 is 5.32 Å². The molecule has 1 atom stereocenters. The van der Waals surface area contributed by atoms with E-state index in [-0.39, 0.29) is 6.61 Å². The van der Waals surface area contributed by atoms with E-state index in [2.05, 4.69) is 5.32 Å². The number of hydrogen-bond donors (Lipinski definition) is 3. The number of aliphatic hydroxyl groups is 1. The number of nitrogens with one attached hydrogen (secondary N) is 1. The van der Waals surface area contributed by atoms with E-state index in [1.807, 2.05) is 0 Å². The largest absolute Gasteiger partial charge is 0.480 e. The second-order valence-corrected chi connectivity index (χ2v) is 1.74. The molecular weight excluding hydrogens is 122 g/mol. The maximum absolute atomic E-state index is 10.1. The summed E-state index contributed by atoms with van der Waals surface area (Å²) >= 11 is 0. The number of aliphatic hydroxyl groups excluding tert-OH is 1. The molecule has 0 rings (SSSR count). The van der Waals surface area contributed by atoms with Crippen LogP contribution in [-0.4, -0.2) is 35.4 Å². The van der Waals surface area contributed by atoms with Crippen molar-refractivity contribution < 1.29 is 15.0 Å². The van der Waals surface area contributed by atoms with Gasteiger partial charge in [-0.2, -0.15) is 0 Å². The summed E-state index contributed by atoms with van der Waals surface area (Å²) in [5.74, 6) is -0.900. The lowest BCUT2D eigenvalue weighted by Gasteiger charge is -2.05. The number of carboxylic acids is 1. The van der Waals surface area contributed by atoms with Crippen molar-refractivity contribution in [2.45, 2.75) is 13.0 Å². The molecule has 0 aliphatic carbocycles. The van der Waals surface area contributed by atoms with Crippen molar-refractivity contribution in [3.05, 3.63) is 0 Å². The Morgan fingerprint density at radius 1 is 1.78 bits per heavy atom. The third kappa shape index (κ3) is 3.93. The molecular formula is C5H11NO3. The van der Waals surface area contributed by atoms with E-state index in [0.717, 1.165) is 0 Å². The van der Waals surface area contributed by atoms with Gasteiger partial charge in [0.15, 0.2) is 0 Å². The smallest absolute Gasteiger partial charge is 0.320 e. The first-order valence-electron chi connectivity index (χ1n) is 2.75. The van der Waals surface area contributed by atoms with Gasteiger partial charge in [0.25, 0.3) is 0 Å². The van der Waals surface area contributed by atoms with Crippen LogP contribution in [0.5, 0.6) is 0 Å². The predicted molar refractivity (Wildman–Crippen MR) is 32.2 cm³/mol. The lowest BCUT2D eigenvalue weighted by molar-refractivity contribution is -0.139. The molecule has 0 saturated heterocycles. The molecule has 3 N–H and O–H groups in total. The molecule has 0 spiro atoms. The Balaban J connectivity index is 3.27.